The second kappa shape index (κ2) is 10.5. The van der Waals surface area contributed by atoms with Crippen molar-refractivity contribution in [2.45, 2.75) is 25.2 Å². The predicted octanol–water partition coefficient (Wildman–Crippen LogP) is 5.22. The maximum Gasteiger partial charge on any atom is 0.416 e. The molecule has 0 bridgehead atoms. The van der Waals surface area contributed by atoms with Gasteiger partial charge >= 0.3 is 12.1 Å². The summed E-state index contributed by atoms with van der Waals surface area (Å²) in [5.41, 5.74) is 0.643. The summed E-state index contributed by atoms with van der Waals surface area (Å²) in [7, 11) is 1.72. The Balaban J connectivity index is 1.39. The van der Waals surface area contributed by atoms with Crippen molar-refractivity contribution in [3.63, 3.8) is 0 Å². The smallest absolute Gasteiger partial charge is 0.416 e. The number of rotatable bonds is 7. The van der Waals surface area contributed by atoms with Crippen LogP contribution in [0.25, 0.3) is 17.0 Å². The zero-order chi connectivity index (χ0) is 28.8. The minimum absolute atomic E-state index is 0.00154. The molecule has 2 aromatic carbocycles. The van der Waals surface area contributed by atoms with E-state index in [0.717, 1.165) is 6.07 Å². The number of alkyl halides is 3. The summed E-state index contributed by atoms with van der Waals surface area (Å²) >= 11 is 6.40. The first-order valence-corrected chi connectivity index (χ1v) is 12.9. The zero-order valence-electron chi connectivity index (χ0n) is 20.6. The highest BCUT2D eigenvalue weighted by Crippen LogP contribution is 2.36. The first kappa shape index (κ1) is 27.5. The average molecular weight is 590 g/mol. The molecule has 9 nitrogen and oxygen atoms in total. The number of carboxylic acid groups (broad SMARTS) is 1. The van der Waals surface area contributed by atoms with Crippen LogP contribution in [0.3, 0.4) is 0 Å². The molecule has 1 unspecified atom stereocenters. The number of carbonyl (C=O) groups excluding carboxylic acids is 2. The van der Waals surface area contributed by atoms with E-state index in [2.05, 4.69) is 10.1 Å². The lowest BCUT2D eigenvalue weighted by atomic mass is 10.1. The van der Waals surface area contributed by atoms with E-state index in [1.54, 1.807) is 36.0 Å². The van der Waals surface area contributed by atoms with Crippen LogP contribution in [0.4, 0.5) is 18.0 Å². The quantitative estimate of drug-likeness (QED) is 0.294. The van der Waals surface area contributed by atoms with E-state index in [4.69, 9.17) is 11.6 Å². The van der Waals surface area contributed by atoms with Crippen LogP contribution in [0.15, 0.2) is 60.0 Å². The van der Waals surface area contributed by atoms with Crippen molar-refractivity contribution in [2.75, 3.05) is 0 Å². The Hall–Kier alpha value is -4.10. The van der Waals surface area contributed by atoms with E-state index >= 15 is 0 Å². The first-order valence-electron chi connectivity index (χ1n) is 11.7. The van der Waals surface area contributed by atoms with Crippen LogP contribution >= 0.6 is 23.4 Å². The monoisotopic (exact) mass is 589 g/mol. The van der Waals surface area contributed by atoms with Crippen molar-refractivity contribution in [2.24, 2.45) is 7.05 Å². The van der Waals surface area contributed by atoms with Gasteiger partial charge in [0.15, 0.2) is 0 Å². The number of aliphatic carboxylic acids is 1. The van der Waals surface area contributed by atoms with E-state index in [1.165, 1.54) is 35.4 Å². The Labute approximate surface area is 233 Å². The van der Waals surface area contributed by atoms with Crippen LogP contribution in [0.2, 0.25) is 5.02 Å². The molecule has 1 aliphatic rings. The van der Waals surface area contributed by atoms with E-state index in [9.17, 15) is 32.7 Å². The predicted molar refractivity (Wildman–Crippen MR) is 141 cm³/mol. The highest BCUT2D eigenvalue weighted by molar-refractivity contribution is 8.18. The molecular formula is C26H19ClF3N5O4S. The molecule has 3 heterocycles. The van der Waals surface area contributed by atoms with Crippen LogP contribution < -0.4 is 0 Å². The van der Waals surface area contributed by atoms with Gasteiger partial charge in [0.25, 0.3) is 11.1 Å². The number of amides is 2. The average Bonchev–Trinajstić information content (AvgIpc) is 3.55. The molecule has 0 spiro atoms. The van der Waals surface area contributed by atoms with E-state index < -0.39 is 34.9 Å². The standard InChI is InChI=1S/C26H19ClF3N5O4S/c1-33-12-18(31-13-33)9-21(24(37)38)35-23(36)22(40-25(35)39)7-14-2-5-20-16(6-14)10-32-34(20)11-15-3-4-17(27)8-19(15)26(28,29)30/h2-8,10,12-13,21H,9,11H2,1H3,(H,37,38). The topological polar surface area (TPSA) is 110 Å². The minimum atomic E-state index is -4.59. The summed E-state index contributed by atoms with van der Waals surface area (Å²) in [6.07, 6.45) is 1.31. The maximum absolute atomic E-state index is 13.5. The van der Waals surface area contributed by atoms with Crippen LogP contribution in [0.5, 0.6) is 0 Å². The molecule has 1 fully saturated rings. The number of thioether (sulfide) groups is 1. The number of nitrogens with zero attached hydrogens (tertiary/aromatic N) is 5. The molecule has 40 heavy (non-hydrogen) atoms. The second-order valence-corrected chi connectivity index (χ2v) is 10.5. The van der Waals surface area contributed by atoms with E-state index in [0.29, 0.717) is 38.8 Å². The van der Waals surface area contributed by atoms with Crippen molar-refractivity contribution < 1.29 is 32.7 Å². The van der Waals surface area contributed by atoms with Gasteiger partial charge < -0.3 is 9.67 Å². The molecule has 1 atom stereocenters. The van der Waals surface area contributed by atoms with Crippen LogP contribution in [0.1, 0.15) is 22.4 Å². The number of hydrogen-bond acceptors (Lipinski definition) is 6. The molecule has 206 valence electrons. The molecule has 0 radical (unpaired) electrons. The highest BCUT2D eigenvalue weighted by atomic mass is 35.5. The number of imidazole rings is 1. The Bertz CT molecular complexity index is 1700. The molecule has 14 heteroatoms. The number of aromatic nitrogens is 4. The van der Waals surface area contributed by atoms with Gasteiger partial charge in [-0.2, -0.15) is 18.3 Å². The lowest BCUT2D eigenvalue weighted by Gasteiger charge is -2.20. The van der Waals surface area contributed by atoms with Gasteiger partial charge in [-0.15, -0.1) is 0 Å². The van der Waals surface area contributed by atoms with Gasteiger partial charge in [0.05, 0.1) is 40.7 Å². The normalized spacial score (nSPS) is 15.9. The minimum Gasteiger partial charge on any atom is -0.480 e. The number of benzene rings is 2. The van der Waals surface area contributed by atoms with E-state index in [1.807, 2.05) is 0 Å². The molecular weight excluding hydrogens is 571 g/mol. The third-order valence-corrected chi connectivity index (χ3v) is 7.36. The van der Waals surface area contributed by atoms with Gasteiger partial charge in [0.2, 0.25) is 0 Å². The number of carboxylic acids is 1. The summed E-state index contributed by atoms with van der Waals surface area (Å²) < 4.78 is 43.6. The molecule has 1 aliphatic heterocycles. The Morgan fingerprint density at radius 2 is 1.98 bits per heavy atom. The first-order chi connectivity index (χ1) is 18.9. The lowest BCUT2D eigenvalue weighted by molar-refractivity contribution is -0.145. The summed E-state index contributed by atoms with van der Waals surface area (Å²) in [4.78, 5) is 42.5. The van der Waals surface area contributed by atoms with Crippen LogP contribution in [-0.4, -0.2) is 52.5 Å². The molecule has 2 amide bonds. The number of aryl methyl sites for hydroxylation is 1. The van der Waals surface area contributed by atoms with Gasteiger partial charge in [0, 0.05) is 30.1 Å². The Morgan fingerprint density at radius 3 is 2.65 bits per heavy atom. The Morgan fingerprint density at radius 1 is 1.20 bits per heavy atom. The molecule has 0 aliphatic carbocycles. The number of hydrogen-bond donors (Lipinski definition) is 1. The Kier molecular flexibility index (Phi) is 7.19. The SMILES string of the molecule is Cn1cnc(CC(C(=O)O)N2C(=O)SC(=Cc3ccc4c(cnn4Cc4ccc(Cl)cc4C(F)(F)F)c3)C2=O)c1. The molecule has 0 saturated carbocycles. The van der Waals surface area contributed by atoms with Crippen molar-refractivity contribution >= 4 is 57.5 Å². The second-order valence-electron chi connectivity index (χ2n) is 9.06. The lowest BCUT2D eigenvalue weighted by Crippen LogP contribution is -2.45. The van der Waals surface area contributed by atoms with Gasteiger partial charge in [-0.3, -0.25) is 19.2 Å². The number of imide groups is 1. The molecule has 4 aromatic rings. The van der Waals surface area contributed by atoms with Crippen LogP contribution in [-0.2, 0) is 35.8 Å². The van der Waals surface area contributed by atoms with Crippen LogP contribution in [0, 0.1) is 0 Å². The fourth-order valence-electron chi connectivity index (χ4n) is 4.39. The maximum atomic E-state index is 13.5. The zero-order valence-corrected chi connectivity index (χ0v) is 22.2. The van der Waals surface area contributed by atoms with Gasteiger partial charge in [0.1, 0.15) is 6.04 Å². The van der Waals surface area contributed by atoms with Gasteiger partial charge in [-0.1, -0.05) is 23.7 Å². The summed E-state index contributed by atoms with van der Waals surface area (Å²) in [5.74, 6) is -2.08. The molecule has 1 saturated heterocycles. The fraction of sp³-hybridized carbons (Fsp3) is 0.192. The van der Waals surface area contributed by atoms with E-state index in [-0.39, 0.29) is 28.5 Å². The molecule has 1 N–H and O–H groups in total. The largest absolute Gasteiger partial charge is 0.480 e. The van der Waals surface area contributed by atoms with Crippen molar-refractivity contribution in [1.29, 1.82) is 0 Å². The number of halogens is 4. The molecule has 2 aromatic heterocycles. The third-order valence-electron chi connectivity index (χ3n) is 6.24. The van der Waals surface area contributed by atoms with Gasteiger partial charge in [-0.25, -0.2) is 9.78 Å². The van der Waals surface area contributed by atoms with Crippen molar-refractivity contribution in [3.8, 4) is 0 Å². The summed E-state index contributed by atoms with van der Waals surface area (Å²) in [6.45, 7) is -0.152. The number of fused-ring (bicyclic) bond motifs is 1. The van der Waals surface area contributed by atoms with Crippen molar-refractivity contribution in [1.82, 2.24) is 24.2 Å². The fourth-order valence-corrected chi connectivity index (χ4v) is 5.44. The van der Waals surface area contributed by atoms with Gasteiger partial charge in [-0.05, 0) is 53.2 Å². The molecule has 5 rings (SSSR count). The summed E-state index contributed by atoms with van der Waals surface area (Å²) in [5, 5.41) is 13.8. The number of carbonyl (C=O) groups is 3. The third kappa shape index (κ3) is 5.47. The summed E-state index contributed by atoms with van der Waals surface area (Å²) in [6, 6.07) is 7.08. The highest BCUT2D eigenvalue weighted by Gasteiger charge is 2.43. The van der Waals surface area contributed by atoms with Crippen molar-refractivity contribution in [3.05, 3.63) is 87.4 Å².